The van der Waals surface area contributed by atoms with Gasteiger partial charge in [-0.2, -0.15) is 0 Å². The van der Waals surface area contributed by atoms with Crippen LogP contribution in [0.3, 0.4) is 0 Å². The van der Waals surface area contributed by atoms with Crippen LogP contribution >= 0.6 is 0 Å². The molecule has 0 radical (unpaired) electrons. The zero-order valence-corrected chi connectivity index (χ0v) is 10.2. The minimum absolute atomic E-state index is 0.413. The average molecular weight is 219 g/mol. The van der Waals surface area contributed by atoms with Crippen LogP contribution in [-0.4, -0.2) is 36.1 Å². The Hall–Kier alpha value is -0.930. The minimum Gasteiger partial charge on any atom is -0.309 e. The number of nitrogens with zero attached hydrogens (tertiary/aromatic N) is 2. The average Bonchev–Trinajstić information content (AvgIpc) is 3.14. The number of rotatable bonds is 6. The van der Waals surface area contributed by atoms with Crippen LogP contribution in [0.4, 0.5) is 0 Å². The molecule has 16 heavy (non-hydrogen) atoms. The van der Waals surface area contributed by atoms with Gasteiger partial charge in [-0.25, -0.2) is 0 Å². The molecule has 0 bridgehead atoms. The van der Waals surface area contributed by atoms with Gasteiger partial charge < -0.3 is 10.2 Å². The van der Waals surface area contributed by atoms with Crippen LogP contribution in [0.1, 0.15) is 31.4 Å². The molecule has 0 aliphatic heterocycles. The van der Waals surface area contributed by atoms with Crippen LogP contribution in [0.25, 0.3) is 0 Å². The first kappa shape index (κ1) is 11.6. The molecule has 1 aromatic rings. The number of hydrogen-bond donors (Lipinski definition) is 1. The molecule has 0 saturated heterocycles. The Morgan fingerprint density at radius 1 is 1.44 bits per heavy atom. The molecule has 1 N–H and O–H groups in total. The first-order valence-electron chi connectivity index (χ1n) is 6.11. The number of hydrogen-bond acceptors (Lipinski definition) is 3. The Bertz CT molecular complexity index is 308. The van der Waals surface area contributed by atoms with Gasteiger partial charge in [0.15, 0.2) is 0 Å². The fourth-order valence-corrected chi connectivity index (χ4v) is 1.93. The van der Waals surface area contributed by atoms with E-state index < -0.39 is 0 Å². The molecule has 1 saturated carbocycles. The predicted molar refractivity (Wildman–Crippen MR) is 66.3 cm³/mol. The summed E-state index contributed by atoms with van der Waals surface area (Å²) in [6, 6.07) is 5.42. The zero-order valence-electron chi connectivity index (χ0n) is 10.2. The molecule has 2 rings (SSSR count). The summed E-state index contributed by atoms with van der Waals surface area (Å²) in [7, 11) is 2.22. The molecule has 1 aliphatic rings. The summed E-state index contributed by atoms with van der Waals surface area (Å²) in [6.45, 7) is 4.39. The summed E-state index contributed by atoms with van der Waals surface area (Å²) >= 11 is 0. The minimum atomic E-state index is 0.413. The van der Waals surface area contributed by atoms with Gasteiger partial charge in [0.2, 0.25) is 0 Å². The lowest BCUT2D eigenvalue weighted by Crippen LogP contribution is -2.31. The van der Waals surface area contributed by atoms with E-state index in [0.717, 1.165) is 19.1 Å². The third kappa shape index (κ3) is 3.29. The predicted octanol–water partition coefficient (Wildman–Crippen LogP) is 1.83. The lowest BCUT2D eigenvalue weighted by molar-refractivity contribution is 0.316. The Balaban J connectivity index is 1.69. The van der Waals surface area contributed by atoms with E-state index in [0.29, 0.717) is 6.04 Å². The van der Waals surface area contributed by atoms with E-state index in [-0.39, 0.29) is 0 Å². The highest BCUT2D eigenvalue weighted by atomic mass is 15.2. The Labute approximate surface area is 97.9 Å². The lowest BCUT2D eigenvalue weighted by atomic mass is 10.1. The van der Waals surface area contributed by atoms with Gasteiger partial charge in [-0.15, -0.1) is 0 Å². The Morgan fingerprint density at radius 2 is 2.12 bits per heavy atom. The summed E-state index contributed by atoms with van der Waals surface area (Å²) < 4.78 is 0. The maximum Gasteiger partial charge on any atom is 0.0293 e. The van der Waals surface area contributed by atoms with Crippen LogP contribution in [0.2, 0.25) is 0 Å². The van der Waals surface area contributed by atoms with Gasteiger partial charge in [0, 0.05) is 37.6 Å². The van der Waals surface area contributed by atoms with Crippen molar-refractivity contribution in [1.82, 2.24) is 15.2 Å². The summed E-state index contributed by atoms with van der Waals surface area (Å²) in [5, 5.41) is 3.54. The van der Waals surface area contributed by atoms with E-state index in [1.807, 2.05) is 12.4 Å². The van der Waals surface area contributed by atoms with Crippen molar-refractivity contribution in [3.05, 3.63) is 30.1 Å². The standard InChI is InChI=1S/C13H21N3/c1-11(12-5-7-14-8-6-12)15-9-10-16(2)13-3-4-13/h5-8,11,13,15H,3-4,9-10H2,1-2H3. The molecular weight excluding hydrogens is 198 g/mol. The number of pyridine rings is 1. The van der Waals surface area contributed by atoms with Crippen molar-refractivity contribution in [3.63, 3.8) is 0 Å². The first-order chi connectivity index (χ1) is 7.77. The second-order valence-electron chi connectivity index (χ2n) is 4.67. The number of likely N-dealkylation sites (N-methyl/N-ethyl adjacent to an activating group) is 1. The van der Waals surface area contributed by atoms with Crippen molar-refractivity contribution in [1.29, 1.82) is 0 Å². The molecule has 0 amide bonds. The second kappa shape index (κ2) is 5.41. The highest BCUT2D eigenvalue weighted by Crippen LogP contribution is 2.24. The van der Waals surface area contributed by atoms with E-state index in [4.69, 9.17) is 0 Å². The zero-order chi connectivity index (χ0) is 11.4. The molecule has 0 aromatic carbocycles. The molecule has 1 unspecified atom stereocenters. The quantitative estimate of drug-likeness (QED) is 0.791. The van der Waals surface area contributed by atoms with Crippen molar-refractivity contribution >= 4 is 0 Å². The van der Waals surface area contributed by atoms with Crippen molar-refractivity contribution in [3.8, 4) is 0 Å². The molecule has 3 heteroatoms. The maximum atomic E-state index is 4.03. The van der Waals surface area contributed by atoms with Crippen molar-refractivity contribution < 1.29 is 0 Å². The van der Waals surface area contributed by atoms with Crippen molar-refractivity contribution in [2.75, 3.05) is 20.1 Å². The van der Waals surface area contributed by atoms with Crippen molar-refractivity contribution in [2.45, 2.75) is 31.8 Å². The molecule has 1 atom stereocenters. The normalized spacial score (nSPS) is 17.7. The van der Waals surface area contributed by atoms with Crippen LogP contribution in [0.15, 0.2) is 24.5 Å². The van der Waals surface area contributed by atoms with Gasteiger partial charge in [0.1, 0.15) is 0 Å². The van der Waals surface area contributed by atoms with Gasteiger partial charge in [0.05, 0.1) is 0 Å². The van der Waals surface area contributed by atoms with Gasteiger partial charge in [-0.05, 0) is 44.5 Å². The van der Waals surface area contributed by atoms with Crippen LogP contribution in [-0.2, 0) is 0 Å². The fourth-order valence-electron chi connectivity index (χ4n) is 1.93. The summed E-state index contributed by atoms with van der Waals surface area (Å²) in [5.74, 6) is 0. The lowest BCUT2D eigenvalue weighted by Gasteiger charge is -2.19. The van der Waals surface area contributed by atoms with Gasteiger partial charge in [-0.1, -0.05) is 0 Å². The van der Waals surface area contributed by atoms with Crippen LogP contribution in [0, 0.1) is 0 Å². The van der Waals surface area contributed by atoms with E-state index in [9.17, 15) is 0 Å². The van der Waals surface area contributed by atoms with Gasteiger partial charge in [0.25, 0.3) is 0 Å². The number of nitrogens with one attached hydrogen (secondary N) is 1. The topological polar surface area (TPSA) is 28.2 Å². The molecular formula is C13H21N3. The van der Waals surface area contributed by atoms with E-state index in [2.05, 4.69) is 41.3 Å². The maximum absolute atomic E-state index is 4.03. The Morgan fingerprint density at radius 3 is 2.75 bits per heavy atom. The van der Waals surface area contributed by atoms with Crippen LogP contribution in [0.5, 0.6) is 0 Å². The molecule has 1 aliphatic carbocycles. The number of aromatic nitrogens is 1. The third-order valence-electron chi connectivity index (χ3n) is 3.29. The van der Waals surface area contributed by atoms with Crippen molar-refractivity contribution in [2.24, 2.45) is 0 Å². The summed E-state index contributed by atoms with van der Waals surface area (Å²) in [4.78, 5) is 6.48. The van der Waals surface area contributed by atoms with Gasteiger partial charge in [-0.3, -0.25) is 4.98 Å². The van der Waals surface area contributed by atoms with E-state index in [1.54, 1.807) is 0 Å². The Kier molecular flexibility index (Phi) is 3.91. The molecule has 88 valence electrons. The third-order valence-corrected chi connectivity index (χ3v) is 3.29. The molecule has 0 spiro atoms. The first-order valence-corrected chi connectivity index (χ1v) is 6.11. The molecule has 1 heterocycles. The summed E-state index contributed by atoms with van der Waals surface area (Å²) in [5.41, 5.74) is 1.31. The fraction of sp³-hybridized carbons (Fsp3) is 0.615. The monoisotopic (exact) mass is 219 g/mol. The van der Waals surface area contributed by atoms with E-state index >= 15 is 0 Å². The summed E-state index contributed by atoms with van der Waals surface area (Å²) in [6.07, 6.45) is 6.47. The smallest absolute Gasteiger partial charge is 0.0293 e. The SMILES string of the molecule is CC(NCCN(C)C1CC1)c1ccncc1. The highest BCUT2D eigenvalue weighted by Gasteiger charge is 2.25. The second-order valence-corrected chi connectivity index (χ2v) is 4.67. The van der Waals surface area contributed by atoms with E-state index in [1.165, 1.54) is 18.4 Å². The molecule has 3 nitrogen and oxygen atoms in total. The van der Waals surface area contributed by atoms with Crippen LogP contribution < -0.4 is 5.32 Å². The molecule has 1 aromatic heterocycles. The molecule has 1 fully saturated rings. The van der Waals surface area contributed by atoms with Gasteiger partial charge >= 0.3 is 0 Å². The highest BCUT2D eigenvalue weighted by molar-refractivity contribution is 5.13. The largest absolute Gasteiger partial charge is 0.309 e.